The van der Waals surface area contributed by atoms with Crippen molar-refractivity contribution < 1.29 is 4.79 Å². The number of anilines is 1. The average molecular weight is 459 g/mol. The van der Waals surface area contributed by atoms with E-state index in [0.29, 0.717) is 25.8 Å². The number of rotatable bonds is 2. The number of para-hydroxylation sites is 1. The smallest absolute Gasteiger partial charge is 0.286 e. The summed E-state index contributed by atoms with van der Waals surface area (Å²) in [6.45, 7) is 6.42. The molecule has 2 heterocycles. The number of aryl methyl sites for hydroxylation is 1. The Labute approximate surface area is 189 Å². The largest absolute Gasteiger partial charge is 0.332 e. The minimum Gasteiger partial charge on any atom is -0.332 e. The van der Waals surface area contributed by atoms with E-state index >= 15 is 0 Å². The number of thioether (sulfide) groups is 1. The van der Waals surface area contributed by atoms with E-state index in [0.717, 1.165) is 22.4 Å². The number of fused-ring (bicyclic) bond motifs is 1. The van der Waals surface area contributed by atoms with Gasteiger partial charge in [-0.25, -0.2) is 4.98 Å². The Morgan fingerprint density at radius 1 is 1.13 bits per heavy atom. The van der Waals surface area contributed by atoms with E-state index in [1.54, 1.807) is 18.2 Å². The molecule has 0 saturated carbocycles. The molecule has 1 aliphatic rings. The van der Waals surface area contributed by atoms with Crippen molar-refractivity contribution in [2.75, 3.05) is 5.32 Å². The van der Waals surface area contributed by atoms with Gasteiger partial charge in [-0.2, -0.15) is 4.99 Å². The molecular formula is C22H20Cl2N4OS. The molecule has 0 atom stereocenters. The Bertz CT molecular complexity index is 1220. The second-order valence-electron chi connectivity index (χ2n) is 8.05. The normalized spacial score (nSPS) is 15.9. The predicted molar refractivity (Wildman–Crippen MR) is 128 cm³/mol. The minimum atomic E-state index is -0.300. The third kappa shape index (κ3) is 4.00. The molecule has 0 radical (unpaired) electrons. The molecule has 5 nitrogen and oxygen atoms in total. The highest BCUT2D eigenvalue weighted by Gasteiger charge is 2.24. The molecule has 30 heavy (non-hydrogen) atoms. The summed E-state index contributed by atoms with van der Waals surface area (Å²) in [5.41, 5.74) is 3.34. The van der Waals surface area contributed by atoms with E-state index in [1.165, 1.54) is 11.8 Å². The van der Waals surface area contributed by atoms with Crippen LogP contribution in [0.3, 0.4) is 0 Å². The van der Waals surface area contributed by atoms with Gasteiger partial charge in [0.05, 0.1) is 31.7 Å². The third-order valence-electron chi connectivity index (χ3n) is 4.69. The van der Waals surface area contributed by atoms with E-state index in [4.69, 9.17) is 28.2 Å². The molecule has 0 bridgehead atoms. The van der Waals surface area contributed by atoms with Crippen molar-refractivity contribution in [3.05, 3.63) is 62.7 Å². The lowest BCUT2D eigenvalue weighted by molar-refractivity contribution is -0.113. The van der Waals surface area contributed by atoms with Crippen LogP contribution in [0.4, 0.5) is 5.69 Å². The Balaban J connectivity index is 1.61. The Kier molecular flexibility index (Phi) is 5.43. The fraction of sp³-hybridized carbons (Fsp3) is 0.227. The van der Waals surface area contributed by atoms with Crippen LogP contribution in [0.5, 0.6) is 0 Å². The molecule has 1 amide bonds. The molecule has 0 aliphatic carbocycles. The van der Waals surface area contributed by atoms with Gasteiger partial charge in [-0.05, 0) is 47.7 Å². The molecule has 3 aromatic rings. The monoisotopic (exact) mass is 458 g/mol. The first-order valence-electron chi connectivity index (χ1n) is 9.34. The number of hydrogen-bond acceptors (Lipinski definition) is 4. The van der Waals surface area contributed by atoms with Gasteiger partial charge in [0, 0.05) is 12.5 Å². The van der Waals surface area contributed by atoms with Crippen LogP contribution in [-0.2, 0) is 17.3 Å². The predicted octanol–water partition coefficient (Wildman–Crippen LogP) is 6.26. The highest BCUT2D eigenvalue weighted by atomic mass is 35.5. The number of carbonyl (C=O) groups excluding carboxylic acids is 1. The van der Waals surface area contributed by atoms with Gasteiger partial charge in [-0.3, -0.25) is 4.79 Å². The molecule has 8 heteroatoms. The van der Waals surface area contributed by atoms with Crippen LogP contribution in [0.15, 0.2) is 46.3 Å². The lowest BCUT2D eigenvalue weighted by atomic mass is 9.96. The Morgan fingerprint density at radius 2 is 1.83 bits per heavy atom. The van der Waals surface area contributed by atoms with E-state index in [9.17, 15) is 4.79 Å². The average Bonchev–Trinajstić information content (AvgIpc) is 3.18. The summed E-state index contributed by atoms with van der Waals surface area (Å²) >= 11 is 13.6. The number of amidine groups is 1. The van der Waals surface area contributed by atoms with E-state index < -0.39 is 0 Å². The SMILES string of the molecule is Cn1c(C(C)(C)C)nc2ccc(C=C3SC(Nc4c(Cl)cccc4Cl)=NC3=O)cc21. The molecule has 0 fully saturated rings. The van der Waals surface area contributed by atoms with Crippen molar-refractivity contribution >= 4 is 68.8 Å². The maximum absolute atomic E-state index is 12.4. The molecule has 0 saturated heterocycles. The number of nitrogens with one attached hydrogen (secondary N) is 1. The summed E-state index contributed by atoms with van der Waals surface area (Å²) in [7, 11) is 2.01. The maximum Gasteiger partial charge on any atom is 0.286 e. The van der Waals surface area contributed by atoms with Crippen LogP contribution in [0.25, 0.3) is 17.1 Å². The lowest BCUT2D eigenvalue weighted by Crippen LogP contribution is -2.17. The molecule has 4 rings (SSSR count). The van der Waals surface area contributed by atoms with Gasteiger partial charge in [-0.15, -0.1) is 0 Å². The van der Waals surface area contributed by atoms with Crippen LogP contribution < -0.4 is 5.32 Å². The zero-order valence-corrected chi connectivity index (χ0v) is 19.3. The standard InChI is InChI=1S/C22H20Cl2N4OS/c1-22(2,3)20-25-15-9-8-12(10-16(15)28(20)4)11-17-19(29)27-21(30-17)26-18-13(23)6-5-7-14(18)24/h5-11H,1-4H3,(H,26,27,29). The molecule has 0 spiro atoms. The lowest BCUT2D eigenvalue weighted by Gasteiger charge is -2.17. The summed E-state index contributed by atoms with van der Waals surface area (Å²) in [5, 5.41) is 4.43. The first-order valence-corrected chi connectivity index (χ1v) is 10.9. The summed E-state index contributed by atoms with van der Waals surface area (Å²) in [6, 6.07) is 11.2. The Morgan fingerprint density at radius 3 is 2.50 bits per heavy atom. The fourth-order valence-corrected chi connectivity index (χ4v) is 4.62. The zero-order chi connectivity index (χ0) is 21.6. The molecule has 0 unspecified atom stereocenters. The van der Waals surface area contributed by atoms with Crippen LogP contribution >= 0.6 is 35.0 Å². The quantitative estimate of drug-likeness (QED) is 0.460. The van der Waals surface area contributed by atoms with Gasteiger partial charge >= 0.3 is 0 Å². The van der Waals surface area contributed by atoms with E-state index in [1.807, 2.05) is 31.3 Å². The number of hydrogen-bond donors (Lipinski definition) is 1. The zero-order valence-electron chi connectivity index (χ0n) is 17.0. The Hall–Kier alpha value is -2.28. The number of benzene rings is 2. The van der Waals surface area contributed by atoms with Gasteiger partial charge in [0.25, 0.3) is 5.91 Å². The van der Waals surface area contributed by atoms with Crippen LogP contribution in [-0.4, -0.2) is 20.6 Å². The first kappa shape index (κ1) is 21.0. The highest BCUT2D eigenvalue weighted by molar-refractivity contribution is 8.18. The molecule has 1 N–H and O–H groups in total. The number of halogens is 2. The topological polar surface area (TPSA) is 59.3 Å². The highest BCUT2D eigenvalue weighted by Crippen LogP contribution is 2.35. The maximum atomic E-state index is 12.4. The van der Waals surface area contributed by atoms with E-state index in [-0.39, 0.29) is 11.3 Å². The minimum absolute atomic E-state index is 0.0575. The number of aromatic nitrogens is 2. The number of amides is 1. The number of imidazole rings is 1. The van der Waals surface area contributed by atoms with Gasteiger partial charge in [-0.1, -0.05) is 56.1 Å². The summed E-state index contributed by atoms with van der Waals surface area (Å²) in [4.78, 5) is 21.8. The van der Waals surface area contributed by atoms with Crippen molar-refractivity contribution in [2.45, 2.75) is 26.2 Å². The number of aliphatic imine (C=N–C) groups is 1. The molecule has 154 valence electrons. The van der Waals surface area contributed by atoms with Crippen molar-refractivity contribution in [1.29, 1.82) is 0 Å². The van der Waals surface area contributed by atoms with Gasteiger partial charge < -0.3 is 9.88 Å². The van der Waals surface area contributed by atoms with Crippen LogP contribution in [0, 0.1) is 0 Å². The fourth-order valence-electron chi connectivity index (χ4n) is 3.31. The third-order valence-corrected chi connectivity index (χ3v) is 6.22. The summed E-state index contributed by atoms with van der Waals surface area (Å²) in [6.07, 6.45) is 1.84. The van der Waals surface area contributed by atoms with Crippen LogP contribution in [0.2, 0.25) is 10.0 Å². The van der Waals surface area contributed by atoms with Gasteiger partial charge in [0.2, 0.25) is 0 Å². The number of carbonyl (C=O) groups is 1. The molecule has 1 aliphatic heterocycles. The van der Waals surface area contributed by atoms with Gasteiger partial charge in [0.1, 0.15) is 5.82 Å². The van der Waals surface area contributed by atoms with E-state index in [2.05, 4.69) is 35.6 Å². The molecular weight excluding hydrogens is 439 g/mol. The number of nitrogens with zero attached hydrogens (tertiary/aromatic N) is 3. The summed E-state index contributed by atoms with van der Waals surface area (Å²) in [5.74, 6) is 0.714. The van der Waals surface area contributed by atoms with Crippen molar-refractivity contribution in [3.63, 3.8) is 0 Å². The molecule has 1 aromatic heterocycles. The second-order valence-corrected chi connectivity index (χ2v) is 9.89. The van der Waals surface area contributed by atoms with Crippen molar-refractivity contribution in [3.8, 4) is 0 Å². The van der Waals surface area contributed by atoms with Crippen LogP contribution in [0.1, 0.15) is 32.2 Å². The second kappa shape index (κ2) is 7.76. The van der Waals surface area contributed by atoms with Gasteiger partial charge in [0.15, 0.2) is 5.17 Å². The van der Waals surface area contributed by atoms with Crippen molar-refractivity contribution in [1.82, 2.24) is 9.55 Å². The van der Waals surface area contributed by atoms with Crippen molar-refractivity contribution in [2.24, 2.45) is 12.0 Å². The summed E-state index contributed by atoms with van der Waals surface area (Å²) < 4.78 is 2.10. The molecule has 2 aromatic carbocycles. The first-order chi connectivity index (χ1) is 14.1.